The van der Waals surface area contributed by atoms with Gasteiger partial charge in [-0.05, 0) is 19.4 Å². The smallest absolute Gasteiger partial charge is 0.216 e. The summed E-state index contributed by atoms with van der Waals surface area (Å²) >= 11 is 5.82. The zero-order chi connectivity index (χ0) is 10.4. The molecule has 0 saturated carbocycles. The van der Waals surface area contributed by atoms with Gasteiger partial charge in [0.1, 0.15) is 0 Å². The molecule has 0 N–H and O–H groups in total. The second-order valence-electron chi connectivity index (χ2n) is 2.37. The van der Waals surface area contributed by atoms with E-state index in [9.17, 15) is 0 Å². The van der Waals surface area contributed by atoms with Gasteiger partial charge in [-0.2, -0.15) is 0 Å². The molecule has 13 heavy (non-hydrogen) atoms. The van der Waals surface area contributed by atoms with Crippen LogP contribution in [0.1, 0.15) is 25.0 Å². The number of aromatic nitrogens is 1. The summed E-state index contributed by atoms with van der Waals surface area (Å²) in [7, 11) is 1.60. The fourth-order valence-corrected chi connectivity index (χ4v) is 1.04. The van der Waals surface area contributed by atoms with Gasteiger partial charge in [-0.1, -0.05) is 25.4 Å². The summed E-state index contributed by atoms with van der Waals surface area (Å²) in [5, 5.41) is 0.684. The summed E-state index contributed by atoms with van der Waals surface area (Å²) in [6, 6.07) is 0. The average molecular weight is 202 g/mol. The molecule has 0 aliphatic carbocycles. The average Bonchev–Trinajstić information content (AvgIpc) is 2.18. The van der Waals surface area contributed by atoms with Crippen molar-refractivity contribution < 1.29 is 4.74 Å². The standard InChI is InChI=1S/C8H10ClNO.C2H6/c1-5-6(2)8(11-3)10-4-7(5)9;1-2/h4H,1-3H3;1-2H3. The summed E-state index contributed by atoms with van der Waals surface area (Å²) in [5.41, 5.74) is 2.03. The van der Waals surface area contributed by atoms with E-state index < -0.39 is 0 Å². The molecular weight excluding hydrogens is 186 g/mol. The first-order valence-corrected chi connectivity index (χ1v) is 4.70. The number of halogens is 1. The van der Waals surface area contributed by atoms with E-state index in [0.717, 1.165) is 11.1 Å². The lowest BCUT2D eigenvalue weighted by Gasteiger charge is -2.06. The maximum Gasteiger partial charge on any atom is 0.216 e. The second kappa shape index (κ2) is 5.81. The summed E-state index contributed by atoms with van der Waals surface area (Å²) in [6.45, 7) is 7.88. The summed E-state index contributed by atoms with van der Waals surface area (Å²) in [6.07, 6.45) is 1.60. The van der Waals surface area contributed by atoms with E-state index in [0.29, 0.717) is 10.9 Å². The van der Waals surface area contributed by atoms with Crippen molar-refractivity contribution in [2.75, 3.05) is 7.11 Å². The predicted molar refractivity (Wildman–Crippen MR) is 56.6 cm³/mol. The SMILES string of the molecule is CC.COc1ncc(Cl)c(C)c1C. The lowest BCUT2D eigenvalue weighted by Crippen LogP contribution is -1.93. The van der Waals surface area contributed by atoms with Gasteiger partial charge in [-0.15, -0.1) is 0 Å². The van der Waals surface area contributed by atoms with Crippen LogP contribution in [0, 0.1) is 13.8 Å². The lowest BCUT2D eigenvalue weighted by molar-refractivity contribution is 0.394. The van der Waals surface area contributed by atoms with Gasteiger partial charge in [0.05, 0.1) is 12.1 Å². The van der Waals surface area contributed by atoms with Crippen LogP contribution in [0.3, 0.4) is 0 Å². The van der Waals surface area contributed by atoms with Crippen molar-refractivity contribution in [3.05, 3.63) is 22.3 Å². The van der Waals surface area contributed by atoms with Crippen LogP contribution < -0.4 is 4.74 Å². The van der Waals surface area contributed by atoms with E-state index in [2.05, 4.69) is 4.98 Å². The molecule has 74 valence electrons. The highest BCUT2D eigenvalue weighted by Gasteiger charge is 2.04. The zero-order valence-corrected chi connectivity index (χ0v) is 9.57. The summed E-state index contributed by atoms with van der Waals surface area (Å²) in [4.78, 5) is 4.00. The Morgan fingerprint density at radius 2 is 1.77 bits per heavy atom. The molecule has 2 nitrogen and oxygen atoms in total. The molecule has 0 spiro atoms. The number of ether oxygens (including phenoxy) is 1. The number of hydrogen-bond acceptors (Lipinski definition) is 2. The van der Waals surface area contributed by atoms with Gasteiger partial charge in [0.15, 0.2) is 0 Å². The number of nitrogens with zero attached hydrogens (tertiary/aromatic N) is 1. The minimum absolute atomic E-state index is 0.645. The molecule has 1 rings (SSSR count). The monoisotopic (exact) mass is 201 g/mol. The highest BCUT2D eigenvalue weighted by molar-refractivity contribution is 6.31. The molecule has 0 aliphatic heterocycles. The Kier molecular flexibility index (Phi) is 5.47. The molecule has 0 aliphatic rings. The van der Waals surface area contributed by atoms with Crippen molar-refractivity contribution in [3.63, 3.8) is 0 Å². The Morgan fingerprint density at radius 3 is 2.23 bits per heavy atom. The number of hydrogen-bond donors (Lipinski definition) is 0. The minimum atomic E-state index is 0.645. The van der Waals surface area contributed by atoms with Crippen LogP contribution in [-0.2, 0) is 0 Å². The van der Waals surface area contributed by atoms with Crippen molar-refractivity contribution in [3.8, 4) is 5.88 Å². The van der Waals surface area contributed by atoms with Gasteiger partial charge in [0.25, 0.3) is 0 Å². The van der Waals surface area contributed by atoms with Gasteiger partial charge in [0, 0.05) is 11.8 Å². The third kappa shape index (κ3) is 2.88. The van der Waals surface area contributed by atoms with Crippen LogP contribution in [0.15, 0.2) is 6.20 Å². The first kappa shape index (κ1) is 12.2. The van der Waals surface area contributed by atoms with E-state index in [-0.39, 0.29) is 0 Å². The van der Waals surface area contributed by atoms with Gasteiger partial charge in [-0.25, -0.2) is 4.98 Å². The molecule has 1 heterocycles. The van der Waals surface area contributed by atoms with Crippen LogP contribution in [0.2, 0.25) is 5.02 Å². The highest BCUT2D eigenvalue weighted by Crippen LogP contribution is 2.23. The summed E-state index contributed by atoms with van der Waals surface area (Å²) in [5.74, 6) is 0.645. The van der Waals surface area contributed by atoms with Crippen LogP contribution >= 0.6 is 11.6 Å². The Morgan fingerprint density at radius 1 is 1.23 bits per heavy atom. The van der Waals surface area contributed by atoms with Gasteiger partial charge < -0.3 is 4.74 Å². The van der Waals surface area contributed by atoms with Crippen molar-refractivity contribution in [1.29, 1.82) is 0 Å². The third-order valence-corrected chi connectivity index (χ3v) is 2.11. The van der Waals surface area contributed by atoms with E-state index in [1.807, 2.05) is 27.7 Å². The highest BCUT2D eigenvalue weighted by atomic mass is 35.5. The normalized spacial score (nSPS) is 8.77. The van der Waals surface area contributed by atoms with Crippen molar-refractivity contribution in [2.45, 2.75) is 27.7 Å². The van der Waals surface area contributed by atoms with Gasteiger partial charge in [-0.3, -0.25) is 0 Å². The van der Waals surface area contributed by atoms with Crippen LogP contribution in [0.25, 0.3) is 0 Å². The molecule has 1 aromatic heterocycles. The van der Waals surface area contributed by atoms with E-state index in [1.54, 1.807) is 13.3 Å². The first-order chi connectivity index (χ1) is 6.16. The fourth-order valence-electron chi connectivity index (χ4n) is 0.854. The van der Waals surface area contributed by atoms with Crippen molar-refractivity contribution in [1.82, 2.24) is 4.98 Å². The zero-order valence-electron chi connectivity index (χ0n) is 8.81. The Labute approximate surface area is 84.9 Å². The van der Waals surface area contributed by atoms with Crippen LogP contribution in [0.4, 0.5) is 0 Å². The minimum Gasteiger partial charge on any atom is -0.481 e. The fraction of sp³-hybridized carbons (Fsp3) is 0.500. The van der Waals surface area contributed by atoms with Crippen LogP contribution in [-0.4, -0.2) is 12.1 Å². The lowest BCUT2D eigenvalue weighted by atomic mass is 10.2. The van der Waals surface area contributed by atoms with Gasteiger partial charge >= 0.3 is 0 Å². The summed E-state index contributed by atoms with van der Waals surface area (Å²) < 4.78 is 5.01. The molecule has 0 atom stereocenters. The molecule has 0 unspecified atom stereocenters. The topological polar surface area (TPSA) is 22.1 Å². The van der Waals surface area contributed by atoms with Gasteiger partial charge in [0.2, 0.25) is 5.88 Å². The first-order valence-electron chi connectivity index (χ1n) is 4.32. The maximum atomic E-state index is 5.82. The molecular formula is C10H16ClNO. The molecule has 0 amide bonds. The predicted octanol–water partition coefficient (Wildman–Crippen LogP) is 3.39. The Hall–Kier alpha value is -0.760. The number of pyridine rings is 1. The quantitative estimate of drug-likeness (QED) is 0.695. The van der Waals surface area contributed by atoms with E-state index in [1.165, 1.54) is 0 Å². The largest absolute Gasteiger partial charge is 0.481 e. The third-order valence-electron chi connectivity index (χ3n) is 1.73. The Balaban J connectivity index is 0.000000671. The molecule has 1 aromatic rings. The molecule has 0 fully saturated rings. The molecule has 0 radical (unpaired) electrons. The molecule has 0 bridgehead atoms. The number of rotatable bonds is 1. The van der Waals surface area contributed by atoms with Crippen LogP contribution in [0.5, 0.6) is 5.88 Å². The molecule has 3 heteroatoms. The van der Waals surface area contributed by atoms with Crippen molar-refractivity contribution in [2.24, 2.45) is 0 Å². The maximum absolute atomic E-state index is 5.82. The number of methoxy groups -OCH3 is 1. The van der Waals surface area contributed by atoms with E-state index in [4.69, 9.17) is 16.3 Å². The van der Waals surface area contributed by atoms with E-state index >= 15 is 0 Å². The Bertz CT molecular complexity index is 274. The second-order valence-corrected chi connectivity index (χ2v) is 2.77. The molecule has 0 aromatic carbocycles. The van der Waals surface area contributed by atoms with Crippen molar-refractivity contribution >= 4 is 11.6 Å². The molecule has 0 saturated heterocycles.